The zero-order valence-corrected chi connectivity index (χ0v) is 11.0. The highest BCUT2D eigenvalue weighted by atomic mass is 16.5. The third kappa shape index (κ3) is 3.31. The van der Waals surface area contributed by atoms with Crippen LogP contribution in [0.5, 0.6) is 0 Å². The molecular formula is C15H16N2O2. The Morgan fingerprint density at radius 2 is 2.00 bits per heavy atom. The van der Waals surface area contributed by atoms with E-state index in [2.05, 4.69) is 4.98 Å². The molecular weight excluding hydrogens is 240 g/mol. The average Bonchev–Trinajstić information content (AvgIpc) is 2.39. The van der Waals surface area contributed by atoms with Gasteiger partial charge >= 0.3 is 5.97 Å². The second-order valence-electron chi connectivity index (χ2n) is 4.54. The van der Waals surface area contributed by atoms with E-state index in [1.54, 1.807) is 24.5 Å². The number of pyridine rings is 1. The third-order valence-electron chi connectivity index (χ3n) is 2.73. The van der Waals surface area contributed by atoms with Crippen molar-refractivity contribution in [2.75, 3.05) is 5.73 Å². The standard InChI is InChI=1S/C15H16N2O2/c1-10-3-4-14(16)13(6-10)15(18)19-9-12-5-11(2)7-17-8-12/h3-8H,9,16H2,1-2H3. The van der Waals surface area contributed by atoms with Crippen molar-refractivity contribution in [3.63, 3.8) is 0 Å². The number of nitrogens with two attached hydrogens (primary N) is 1. The van der Waals surface area contributed by atoms with E-state index in [1.165, 1.54) is 0 Å². The lowest BCUT2D eigenvalue weighted by atomic mass is 10.1. The normalized spacial score (nSPS) is 10.2. The molecule has 0 aliphatic carbocycles. The molecule has 0 unspecified atom stereocenters. The predicted octanol–water partition coefficient (Wildman–Crippen LogP) is 2.64. The van der Waals surface area contributed by atoms with Crippen LogP contribution in [0.25, 0.3) is 0 Å². The van der Waals surface area contributed by atoms with E-state index in [9.17, 15) is 4.79 Å². The number of hydrogen-bond acceptors (Lipinski definition) is 4. The molecule has 98 valence electrons. The number of ether oxygens (including phenoxy) is 1. The van der Waals surface area contributed by atoms with Gasteiger partial charge < -0.3 is 10.5 Å². The number of esters is 1. The van der Waals surface area contributed by atoms with Gasteiger partial charge in [0.05, 0.1) is 5.56 Å². The Morgan fingerprint density at radius 1 is 1.21 bits per heavy atom. The van der Waals surface area contributed by atoms with Crippen LogP contribution in [0.2, 0.25) is 0 Å². The summed E-state index contributed by atoms with van der Waals surface area (Å²) in [6, 6.07) is 7.22. The lowest BCUT2D eigenvalue weighted by molar-refractivity contribution is 0.0473. The first-order valence-corrected chi connectivity index (χ1v) is 6.00. The summed E-state index contributed by atoms with van der Waals surface area (Å²) < 4.78 is 5.25. The van der Waals surface area contributed by atoms with Gasteiger partial charge in [0.2, 0.25) is 0 Å². The number of nitrogen functional groups attached to an aromatic ring is 1. The van der Waals surface area contributed by atoms with Crippen molar-refractivity contribution in [1.82, 2.24) is 4.98 Å². The summed E-state index contributed by atoms with van der Waals surface area (Å²) in [6.45, 7) is 4.04. The predicted molar refractivity (Wildman–Crippen MR) is 73.7 cm³/mol. The summed E-state index contributed by atoms with van der Waals surface area (Å²) in [7, 11) is 0. The molecule has 0 saturated carbocycles. The first kappa shape index (κ1) is 13.1. The first-order valence-electron chi connectivity index (χ1n) is 6.00. The number of benzene rings is 1. The number of hydrogen-bond donors (Lipinski definition) is 1. The number of anilines is 1. The van der Waals surface area contributed by atoms with Gasteiger partial charge in [0, 0.05) is 23.6 Å². The highest BCUT2D eigenvalue weighted by Gasteiger charge is 2.11. The highest BCUT2D eigenvalue weighted by Crippen LogP contribution is 2.15. The van der Waals surface area contributed by atoms with Gasteiger partial charge in [-0.25, -0.2) is 4.79 Å². The molecule has 0 spiro atoms. The van der Waals surface area contributed by atoms with Crippen molar-refractivity contribution < 1.29 is 9.53 Å². The quantitative estimate of drug-likeness (QED) is 0.677. The van der Waals surface area contributed by atoms with E-state index in [0.29, 0.717) is 11.3 Å². The largest absolute Gasteiger partial charge is 0.457 e. The van der Waals surface area contributed by atoms with Crippen LogP contribution in [-0.2, 0) is 11.3 Å². The van der Waals surface area contributed by atoms with Crippen molar-refractivity contribution in [3.8, 4) is 0 Å². The summed E-state index contributed by atoms with van der Waals surface area (Å²) in [4.78, 5) is 16.0. The monoisotopic (exact) mass is 256 g/mol. The van der Waals surface area contributed by atoms with Crippen LogP contribution in [0, 0.1) is 13.8 Å². The van der Waals surface area contributed by atoms with Crippen LogP contribution >= 0.6 is 0 Å². The molecule has 1 aromatic heterocycles. The Balaban J connectivity index is 2.07. The number of rotatable bonds is 3. The molecule has 0 radical (unpaired) electrons. The van der Waals surface area contributed by atoms with Crippen LogP contribution in [-0.4, -0.2) is 11.0 Å². The van der Waals surface area contributed by atoms with E-state index in [1.807, 2.05) is 26.0 Å². The number of carbonyl (C=O) groups is 1. The molecule has 0 amide bonds. The minimum absolute atomic E-state index is 0.195. The molecule has 2 rings (SSSR count). The maximum Gasteiger partial charge on any atom is 0.340 e. The van der Waals surface area contributed by atoms with Crippen molar-refractivity contribution >= 4 is 11.7 Å². The van der Waals surface area contributed by atoms with Crippen LogP contribution in [0.4, 0.5) is 5.69 Å². The number of carbonyl (C=O) groups excluding carboxylic acids is 1. The van der Waals surface area contributed by atoms with Crippen LogP contribution in [0.1, 0.15) is 27.0 Å². The Bertz CT molecular complexity index is 609. The maximum atomic E-state index is 12.0. The summed E-state index contributed by atoms with van der Waals surface area (Å²) in [5.74, 6) is -0.414. The van der Waals surface area contributed by atoms with Crippen molar-refractivity contribution in [1.29, 1.82) is 0 Å². The van der Waals surface area contributed by atoms with Crippen LogP contribution in [0.15, 0.2) is 36.7 Å². The third-order valence-corrected chi connectivity index (χ3v) is 2.73. The van der Waals surface area contributed by atoms with Gasteiger partial charge in [-0.2, -0.15) is 0 Å². The summed E-state index contributed by atoms with van der Waals surface area (Å²) in [5.41, 5.74) is 9.46. The van der Waals surface area contributed by atoms with Crippen molar-refractivity contribution in [2.45, 2.75) is 20.5 Å². The fourth-order valence-corrected chi connectivity index (χ4v) is 1.77. The van der Waals surface area contributed by atoms with Gasteiger partial charge in [-0.3, -0.25) is 4.98 Å². The zero-order valence-electron chi connectivity index (χ0n) is 11.0. The van der Waals surface area contributed by atoms with Gasteiger partial charge in [0.1, 0.15) is 6.61 Å². The minimum Gasteiger partial charge on any atom is -0.457 e. The molecule has 0 saturated heterocycles. The lowest BCUT2D eigenvalue weighted by Crippen LogP contribution is -2.08. The Hall–Kier alpha value is -2.36. The van der Waals surface area contributed by atoms with Crippen LogP contribution < -0.4 is 5.73 Å². The van der Waals surface area contributed by atoms with E-state index in [0.717, 1.165) is 16.7 Å². The molecule has 2 N–H and O–H groups in total. The molecule has 0 aliphatic heterocycles. The zero-order chi connectivity index (χ0) is 13.8. The molecule has 4 heteroatoms. The molecule has 0 aliphatic rings. The fraction of sp³-hybridized carbons (Fsp3) is 0.200. The smallest absolute Gasteiger partial charge is 0.340 e. The number of nitrogens with zero attached hydrogens (tertiary/aromatic N) is 1. The molecule has 0 fully saturated rings. The Labute approximate surface area is 112 Å². The van der Waals surface area contributed by atoms with Crippen molar-refractivity contribution in [3.05, 3.63) is 58.9 Å². The van der Waals surface area contributed by atoms with Gasteiger partial charge in [-0.1, -0.05) is 11.6 Å². The molecule has 4 nitrogen and oxygen atoms in total. The Kier molecular flexibility index (Phi) is 3.80. The molecule has 1 aromatic carbocycles. The van der Waals surface area contributed by atoms with Gasteiger partial charge in [-0.05, 0) is 37.6 Å². The topological polar surface area (TPSA) is 65.2 Å². The number of aromatic nitrogens is 1. The highest BCUT2D eigenvalue weighted by molar-refractivity contribution is 5.95. The summed E-state index contributed by atoms with van der Waals surface area (Å²) in [6.07, 6.45) is 3.43. The fourth-order valence-electron chi connectivity index (χ4n) is 1.77. The minimum atomic E-state index is -0.414. The van der Waals surface area contributed by atoms with Gasteiger partial charge in [0.25, 0.3) is 0 Å². The van der Waals surface area contributed by atoms with Gasteiger partial charge in [-0.15, -0.1) is 0 Å². The van der Waals surface area contributed by atoms with E-state index < -0.39 is 5.97 Å². The van der Waals surface area contributed by atoms with E-state index in [4.69, 9.17) is 10.5 Å². The number of aryl methyl sites for hydroxylation is 2. The average molecular weight is 256 g/mol. The maximum absolute atomic E-state index is 12.0. The first-order chi connectivity index (χ1) is 9.06. The molecule has 0 bridgehead atoms. The summed E-state index contributed by atoms with van der Waals surface area (Å²) >= 11 is 0. The molecule has 0 atom stereocenters. The summed E-state index contributed by atoms with van der Waals surface area (Å²) in [5, 5.41) is 0. The SMILES string of the molecule is Cc1cncc(COC(=O)c2cc(C)ccc2N)c1. The lowest BCUT2D eigenvalue weighted by Gasteiger charge is -2.08. The van der Waals surface area contributed by atoms with Crippen LogP contribution in [0.3, 0.4) is 0 Å². The van der Waals surface area contributed by atoms with Crippen molar-refractivity contribution in [2.24, 2.45) is 0 Å². The molecule has 2 aromatic rings. The van der Waals surface area contributed by atoms with E-state index >= 15 is 0 Å². The molecule has 1 heterocycles. The van der Waals surface area contributed by atoms with E-state index in [-0.39, 0.29) is 6.61 Å². The second-order valence-corrected chi connectivity index (χ2v) is 4.54. The Morgan fingerprint density at radius 3 is 2.74 bits per heavy atom. The second kappa shape index (κ2) is 5.52. The van der Waals surface area contributed by atoms with Gasteiger partial charge in [0.15, 0.2) is 0 Å². The molecule has 19 heavy (non-hydrogen) atoms.